The van der Waals surface area contributed by atoms with Gasteiger partial charge in [0.25, 0.3) is 5.95 Å². The van der Waals surface area contributed by atoms with Gasteiger partial charge in [-0.2, -0.15) is 9.49 Å². The standard InChI is InChI=1S/C18H33FN2O/c1-6-8-10-11-12-14-18(4,13-9-7-2)21-17(19)16(22-5)15(3)20-21/h6-14H2,1-5H3. The summed E-state index contributed by atoms with van der Waals surface area (Å²) in [4.78, 5) is 0. The van der Waals surface area contributed by atoms with E-state index in [9.17, 15) is 4.39 Å². The molecule has 0 N–H and O–H groups in total. The van der Waals surface area contributed by atoms with Gasteiger partial charge in [0.2, 0.25) is 0 Å². The minimum absolute atomic E-state index is 0.256. The fourth-order valence-electron chi connectivity index (χ4n) is 3.08. The van der Waals surface area contributed by atoms with Gasteiger partial charge in [-0.3, -0.25) is 0 Å². The molecule has 0 aromatic carbocycles. The van der Waals surface area contributed by atoms with Crippen LogP contribution in [0.5, 0.6) is 5.75 Å². The molecule has 1 heterocycles. The maximum Gasteiger partial charge on any atom is 0.254 e. The molecule has 0 aliphatic rings. The van der Waals surface area contributed by atoms with Gasteiger partial charge in [-0.1, -0.05) is 58.8 Å². The van der Waals surface area contributed by atoms with Gasteiger partial charge in [-0.25, -0.2) is 4.68 Å². The van der Waals surface area contributed by atoms with Crippen molar-refractivity contribution in [3.63, 3.8) is 0 Å². The number of hydrogen-bond acceptors (Lipinski definition) is 2. The molecule has 1 unspecified atom stereocenters. The summed E-state index contributed by atoms with van der Waals surface area (Å²) in [5, 5.41) is 4.44. The molecule has 1 rings (SSSR count). The smallest absolute Gasteiger partial charge is 0.254 e. The van der Waals surface area contributed by atoms with Gasteiger partial charge in [0.1, 0.15) is 5.69 Å². The molecule has 0 amide bonds. The number of aromatic nitrogens is 2. The maximum atomic E-state index is 14.6. The highest BCUT2D eigenvalue weighted by atomic mass is 19.1. The molecule has 128 valence electrons. The number of rotatable bonds is 11. The Balaban J connectivity index is 2.86. The zero-order valence-electron chi connectivity index (χ0n) is 15.0. The van der Waals surface area contributed by atoms with Crippen molar-refractivity contribution >= 4 is 0 Å². The Morgan fingerprint density at radius 3 is 2.18 bits per heavy atom. The van der Waals surface area contributed by atoms with Crippen LogP contribution in [0.3, 0.4) is 0 Å². The quantitative estimate of drug-likeness (QED) is 0.497. The van der Waals surface area contributed by atoms with E-state index in [4.69, 9.17) is 4.74 Å². The third-order valence-electron chi connectivity index (χ3n) is 4.56. The zero-order valence-corrected chi connectivity index (χ0v) is 15.0. The fraction of sp³-hybridized carbons (Fsp3) is 0.833. The van der Waals surface area contributed by atoms with Crippen molar-refractivity contribution in [3.05, 3.63) is 11.6 Å². The van der Waals surface area contributed by atoms with Crippen molar-refractivity contribution < 1.29 is 9.13 Å². The van der Waals surface area contributed by atoms with Crippen molar-refractivity contribution in [3.8, 4) is 5.75 Å². The SMILES string of the molecule is CCCCCCCC(C)(CCCC)n1nc(C)c(OC)c1F. The minimum atomic E-state index is -0.327. The number of unbranched alkanes of at least 4 members (excludes halogenated alkanes) is 5. The average molecular weight is 312 g/mol. The molecule has 0 bridgehead atoms. The molecule has 0 fully saturated rings. The van der Waals surface area contributed by atoms with Gasteiger partial charge >= 0.3 is 0 Å². The van der Waals surface area contributed by atoms with Gasteiger partial charge in [0.15, 0.2) is 5.75 Å². The first kappa shape index (κ1) is 19.0. The lowest BCUT2D eigenvalue weighted by Crippen LogP contribution is -2.32. The Hall–Kier alpha value is -1.06. The van der Waals surface area contributed by atoms with Crippen LogP contribution in [0.15, 0.2) is 0 Å². The van der Waals surface area contributed by atoms with E-state index >= 15 is 0 Å². The lowest BCUT2D eigenvalue weighted by molar-refractivity contribution is 0.196. The van der Waals surface area contributed by atoms with Crippen LogP contribution in [-0.2, 0) is 5.54 Å². The topological polar surface area (TPSA) is 27.1 Å². The molecule has 22 heavy (non-hydrogen) atoms. The van der Waals surface area contributed by atoms with Crippen molar-refractivity contribution in [1.82, 2.24) is 9.78 Å². The maximum absolute atomic E-state index is 14.6. The van der Waals surface area contributed by atoms with Crippen LogP contribution < -0.4 is 4.74 Å². The minimum Gasteiger partial charge on any atom is -0.490 e. The van der Waals surface area contributed by atoms with Crippen molar-refractivity contribution in [1.29, 1.82) is 0 Å². The van der Waals surface area contributed by atoms with Gasteiger partial charge in [-0.15, -0.1) is 0 Å². The monoisotopic (exact) mass is 312 g/mol. The van der Waals surface area contributed by atoms with E-state index in [1.807, 2.05) is 0 Å². The zero-order chi connectivity index (χ0) is 16.6. The molecule has 0 spiro atoms. The lowest BCUT2D eigenvalue weighted by Gasteiger charge is -2.30. The summed E-state index contributed by atoms with van der Waals surface area (Å²) in [7, 11) is 1.51. The summed E-state index contributed by atoms with van der Waals surface area (Å²) in [6.07, 6.45) is 10.3. The van der Waals surface area contributed by atoms with Crippen LogP contribution in [0.1, 0.15) is 84.3 Å². The van der Waals surface area contributed by atoms with Gasteiger partial charge < -0.3 is 4.74 Å². The van der Waals surface area contributed by atoms with Gasteiger partial charge in [-0.05, 0) is 26.7 Å². The number of aryl methyl sites for hydroxylation is 1. The summed E-state index contributed by atoms with van der Waals surface area (Å²) in [5.74, 6) is -0.0409. The van der Waals surface area contributed by atoms with E-state index < -0.39 is 0 Å². The van der Waals surface area contributed by atoms with E-state index in [0.717, 1.165) is 32.1 Å². The highest BCUT2D eigenvalue weighted by molar-refractivity contribution is 5.25. The second-order valence-electron chi connectivity index (χ2n) is 6.59. The molecule has 0 saturated carbocycles. The van der Waals surface area contributed by atoms with E-state index in [1.54, 1.807) is 11.6 Å². The summed E-state index contributed by atoms with van der Waals surface area (Å²) < 4.78 is 21.4. The van der Waals surface area contributed by atoms with Crippen LogP contribution in [0, 0.1) is 12.9 Å². The van der Waals surface area contributed by atoms with E-state index in [0.29, 0.717) is 5.69 Å². The van der Waals surface area contributed by atoms with Gasteiger partial charge in [0.05, 0.1) is 12.6 Å². The number of hydrogen-bond donors (Lipinski definition) is 0. The Morgan fingerprint density at radius 1 is 1.05 bits per heavy atom. The summed E-state index contributed by atoms with van der Waals surface area (Å²) >= 11 is 0. The third kappa shape index (κ3) is 4.72. The summed E-state index contributed by atoms with van der Waals surface area (Å²) in [6, 6.07) is 0. The van der Waals surface area contributed by atoms with Crippen LogP contribution in [-0.4, -0.2) is 16.9 Å². The normalized spacial score (nSPS) is 14.1. The fourth-order valence-corrected chi connectivity index (χ4v) is 3.08. The second-order valence-corrected chi connectivity index (χ2v) is 6.59. The van der Waals surface area contributed by atoms with Crippen LogP contribution in [0.2, 0.25) is 0 Å². The molecular weight excluding hydrogens is 279 g/mol. The van der Waals surface area contributed by atoms with Gasteiger partial charge in [0, 0.05) is 0 Å². The van der Waals surface area contributed by atoms with E-state index in [-0.39, 0.29) is 17.2 Å². The Kier molecular flexibility index (Phi) is 7.91. The molecule has 0 saturated heterocycles. The molecule has 4 heteroatoms. The van der Waals surface area contributed by atoms with Crippen LogP contribution in [0.4, 0.5) is 4.39 Å². The second kappa shape index (κ2) is 9.16. The predicted octanol–water partition coefficient (Wildman–Crippen LogP) is 5.61. The lowest BCUT2D eigenvalue weighted by atomic mass is 9.88. The first-order valence-corrected chi connectivity index (χ1v) is 8.79. The van der Waals surface area contributed by atoms with Crippen LogP contribution >= 0.6 is 0 Å². The predicted molar refractivity (Wildman–Crippen MR) is 90.0 cm³/mol. The number of halogens is 1. The number of methoxy groups -OCH3 is 1. The molecule has 1 aromatic heterocycles. The summed E-state index contributed by atoms with van der Waals surface area (Å²) in [5.41, 5.74) is 0.377. The van der Waals surface area contributed by atoms with Crippen molar-refractivity contribution in [2.75, 3.05) is 7.11 Å². The Bertz CT molecular complexity index is 445. The highest BCUT2D eigenvalue weighted by Gasteiger charge is 2.31. The largest absolute Gasteiger partial charge is 0.490 e. The van der Waals surface area contributed by atoms with Crippen LogP contribution in [0.25, 0.3) is 0 Å². The molecule has 0 aliphatic carbocycles. The average Bonchev–Trinajstić information content (AvgIpc) is 2.80. The first-order chi connectivity index (χ1) is 10.5. The summed E-state index contributed by atoms with van der Waals surface area (Å²) in [6.45, 7) is 8.34. The third-order valence-corrected chi connectivity index (χ3v) is 4.56. The molecular formula is C18H33FN2O. The molecule has 1 atom stereocenters. The molecule has 1 aromatic rings. The van der Waals surface area contributed by atoms with Crippen molar-refractivity contribution in [2.24, 2.45) is 0 Å². The number of ether oxygens (including phenoxy) is 1. The highest BCUT2D eigenvalue weighted by Crippen LogP contribution is 2.34. The first-order valence-electron chi connectivity index (χ1n) is 8.79. The van der Waals surface area contributed by atoms with E-state index in [2.05, 4.69) is 25.9 Å². The number of nitrogens with zero attached hydrogens (tertiary/aromatic N) is 2. The Morgan fingerprint density at radius 2 is 1.64 bits per heavy atom. The van der Waals surface area contributed by atoms with Crippen molar-refractivity contribution in [2.45, 2.75) is 91.0 Å². The molecule has 0 aliphatic heterocycles. The molecule has 0 radical (unpaired) electrons. The van der Waals surface area contributed by atoms with E-state index in [1.165, 1.54) is 32.8 Å². The Labute approximate surface area is 135 Å². The molecule has 3 nitrogen and oxygen atoms in total.